The predicted molar refractivity (Wildman–Crippen MR) is 138 cm³/mol. The van der Waals surface area contributed by atoms with E-state index in [1.165, 1.54) is 35.4 Å². The van der Waals surface area contributed by atoms with Crippen molar-refractivity contribution in [2.24, 2.45) is 0 Å². The lowest BCUT2D eigenvalue weighted by Gasteiger charge is -2.32. The highest BCUT2D eigenvalue weighted by Gasteiger charge is 2.22. The summed E-state index contributed by atoms with van der Waals surface area (Å²) in [4.78, 5) is 38.6. The zero-order chi connectivity index (χ0) is 25.5. The quantitative estimate of drug-likeness (QED) is 0.265. The van der Waals surface area contributed by atoms with Crippen LogP contribution in [0.3, 0.4) is 0 Å². The Morgan fingerprint density at radius 3 is 2.61 bits per heavy atom. The van der Waals surface area contributed by atoms with Crippen molar-refractivity contribution in [1.29, 1.82) is 0 Å². The maximum absolute atomic E-state index is 13.2. The van der Waals surface area contributed by atoms with Crippen molar-refractivity contribution in [2.45, 2.75) is 19.4 Å². The standard InChI is InChI=1S/C27H28N4O5/c1-36-15-5-13-28-27(33)24-17-22(29-26(32)20-8-4-9-23(16-20)31(34)35)10-11-25(24)30-14-12-19-6-2-3-7-21(19)18-30/h2-4,6-11,16-17H,5,12-15,18H2,1H3,(H,28,33)(H,29,32). The van der Waals surface area contributed by atoms with Crippen LogP contribution in [0.5, 0.6) is 0 Å². The van der Waals surface area contributed by atoms with E-state index in [4.69, 9.17) is 4.74 Å². The van der Waals surface area contributed by atoms with Gasteiger partial charge in [0.1, 0.15) is 0 Å². The number of carbonyl (C=O) groups excluding carboxylic acids is 2. The minimum Gasteiger partial charge on any atom is -0.385 e. The summed E-state index contributed by atoms with van der Waals surface area (Å²) < 4.78 is 5.06. The smallest absolute Gasteiger partial charge is 0.270 e. The molecule has 0 saturated carbocycles. The molecule has 9 nitrogen and oxygen atoms in total. The van der Waals surface area contributed by atoms with Crippen LogP contribution in [0.4, 0.5) is 17.1 Å². The first-order chi connectivity index (χ1) is 17.5. The maximum atomic E-state index is 13.2. The molecule has 3 aromatic carbocycles. The third-order valence-electron chi connectivity index (χ3n) is 6.10. The number of fused-ring (bicyclic) bond motifs is 1. The molecule has 2 N–H and O–H groups in total. The van der Waals surface area contributed by atoms with Crippen molar-refractivity contribution < 1.29 is 19.2 Å². The molecule has 9 heteroatoms. The average Bonchev–Trinajstić information content (AvgIpc) is 2.90. The van der Waals surface area contributed by atoms with Crippen LogP contribution in [0, 0.1) is 10.1 Å². The SMILES string of the molecule is COCCCNC(=O)c1cc(NC(=O)c2cccc([N+](=O)[O-])c2)ccc1N1CCc2ccccc2C1. The first kappa shape index (κ1) is 24.9. The van der Waals surface area contributed by atoms with Gasteiger partial charge in [0.05, 0.1) is 10.5 Å². The Labute approximate surface area is 209 Å². The Hall–Kier alpha value is -4.24. The van der Waals surface area contributed by atoms with Gasteiger partial charge in [-0.05, 0) is 48.2 Å². The van der Waals surface area contributed by atoms with Gasteiger partial charge in [-0.15, -0.1) is 0 Å². The Morgan fingerprint density at radius 1 is 1.03 bits per heavy atom. The lowest BCUT2D eigenvalue weighted by molar-refractivity contribution is -0.384. The summed E-state index contributed by atoms with van der Waals surface area (Å²) in [5.41, 5.74) is 4.17. The lowest BCUT2D eigenvalue weighted by atomic mass is 9.98. The summed E-state index contributed by atoms with van der Waals surface area (Å²) in [7, 11) is 1.61. The van der Waals surface area contributed by atoms with Gasteiger partial charge in [-0.1, -0.05) is 30.3 Å². The summed E-state index contributed by atoms with van der Waals surface area (Å²) in [5.74, 6) is -0.740. The average molecular weight is 489 g/mol. The van der Waals surface area contributed by atoms with Crippen LogP contribution in [-0.2, 0) is 17.7 Å². The third kappa shape index (κ3) is 5.87. The van der Waals surface area contributed by atoms with E-state index in [1.54, 1.807) is 19.2 Å². The predicted octanol–water partition coefficient (Wildman–Crippen LogP) is 4.18. The van der Waals surface area contributed by atoms with Gasteiger partial charge in [0.15, 0.2) is 0 Å². The van der Waals surface area contributed by atoms with Gasteiger partial charge in [-0.2, -0.15) is 0 Å². The second kappa shape index (κ2) is 11.5. The number of nitro benzene ring substituents is 1. The summed E-state index contributed by atoms with van der Waals surface area (Å²) in [6.07, 6.45) is 1.55. The molecule has 0 aliphatic carbocycles. The van der Waals surface area contributed by atoms with Crippen molar-refractivity contribution >= 4 is 28.9 Å². The minimum atomic E-state index is -0.547. The number of methoxy groups -OCH3 is 1. The fraction of sp³-hybridized carbons (Fsp3) is 0.259. The molecule has 36 heavy (non-hydrogen) atoms. The normalized spacial score (nSPS) is 12.5. The number of non-ortho nitro benzene ring substituents is 1. The molecular formula is C27H28N4O5. The Kier molecular flexibility index (Phi) is 7.92. The van der Waals surface area contributed by atoms with Gasteiger partial charge < -0.3 is 20.3 Å². The highest BCUT2D eigenvalue weighted by molar-refractivity contribution is 6.06. The van der Waals surface area contributed by atoms with Crippen molar-refractivity contribution in [3.63, 3.8) is 0 Å². The van der Waals surface area contributed by atoms with Crippen molar-refractivity contribution in [2.75, 3.05) is 37.0 Å². The molecule has 1 heterocycles. The molecule has 2 amide bonds. The lowest BCUT2D eigenvalue weighted by Crippen LogP contribution is -2.33. The number of amides is 2. The van der Waals surface area contributed by atoms with Gasteiger partial charge in [-0.3, -0.25) is 19.7 Å². The van der Waals surface area contributed by atoms with Gasteiger partial charge >= 0.3 is 0 Å². The molecule has 0 aromatic heterocycles. The minimum absolute atomic E-state index is 0.159. The van der Waals surface area contributed by atoms with E-state index in [1.807, 2.05) is 18.2 Å². The maximum Gasteiger partial charge on any atom is 0.270 e. The first-order valence-corrected chi connectivity index (χ1v) is 11.7. The Morgan fingerprint density at radius 2 is 1.83 bits per heavy atom. The zero-order valence-corrected chi connectivity index (χ0v) is 20.0. The molecule has 1 aliphatic rings. The van der Waals surface area contributed by atoms with Crippen molar-refractivity contribution in [1.82, 2.24) is 5.32 Å². The summed E-state index contributed by atoms with van der Waals surface area (Å²) in [6.45, 7) is 2.44. The molecule has 0 unspecified atom stereocenters. The van der Waals surface area contributed by atoms with Crippen LogP contribution in [0.15, 0.2) is 66.7 Å². The molecule has 186 valence electrons. The van der Waals surface area contributed by atoms with E-state index in [9.17, 15) is 19.7 Å². The molecule has 0 fully saturated rings. The number of carbonyl (C=O) groups is 2. The fourth-order valence-electron chi connectivity index (χ4n) is 4.25. The van der Waals surface area contributed by atoms with Gasteiger partial charge in [0.2, 0.25) is 0 Å². The summed E-state index contributed by atoms with van der Waals surface area (Å²) in [5, 5.41) is 16.8. The van der Waals surface area contributed by atoms with E-state index in [-0.39, 0.29) is 17.2 Å². The van der Waals surface area contributed by atoms with Crippen molar-refractivity contribution in [3.8, 4) is 0 Å². The molecule has 0 bridgehead atoms. The number of nitrogens with one attached hydrogen (secondary N) is 2. The number of benzene rings is 3. The molecule has 0 spiro atoms. The topological polar surface area (TPSA) is 114 Å². The highest BCUT2D eigenvalue weighted by Crippen LogP contribution is 2.30. The van der Waals surface area contributed by atoms with Gasteiger partial charge in [0, 0.05) is 62.4 Å². The fourth-order valence-corrected chi connectivity index (χ4v) is 4.25. The van der Waals surface area contributed by atoms with E-state index in [0.29, 0.717) is 37.4 Å². The number of hydrogen-bond acceptors (Lipinski definition) is 6. The second-order valence-corrected chi connectivity index (χ2v) is 8.54. The van der Waals surface area contributed by atoms with Gasteiger partial charge in [0.25, 0.3) is 17.5 Å². The third-order valence-corrected chi connectivity index (χ3v) is 6.10. The number of ether oxygens (including phenoxy) is 1. The van der Waals surface area contributed by atoms with Crippen LogP contribution < -0.4 is 15.5 Å². The van der Waals surface area contributed by atoms with E-state index < -0.39 is 10.8 Å². The van der Waals surface area contributed by atoms with E-state index in [0.717, 1.165) is 18.7 Å². The summed E-state index contributed by atoms with van der Waals surface area (Å²) in [6, 6.07) is 19.0. The van der Waals surface area contributed by atoms with Crippen LogP contribution >= 0.6 is 0 Å². The van der Waals surface area contributed by atoms with Gasteiger partial charge in [-0.25, -0.2) is 0 Å². The Balaban J connectivity index is 1.59. The molecule has 3 aromatic rings. The largest absolute Gasteiger partial charge is 0.385 e. The number of rotatable bonds is 9. The number of anilines is 2. The van der Waals surface area contributed by atoms with Crippen LogP contribution in [-0.4, -0.2) is 43.5 Å². The van der Waals surface area contributed by atoms with Crippen LogP contribution in [0.2, 0.25) is 0 Å². The number of nitro groups is 1. The highest BCUT2D eigenvalue weighted by atomic mass is 16.6. The molecular weight excluding hydrogens is 460 g/mol. The second-order valence-electron chi connectivity index (χ2n) is 8.54. The first-order valence-electron chi connectivity index (χ1n) is 11.7. The number of hydrogen-bond donors (Lipinski definition) is 2. The zero-order valence-electron chi connectivity index (χ0n) is 20.0. The molecule has 0 atom stereocenters. The van der Waals surface area contributed by atoms with E-state index in [2.05, 4.69) is 27.7 Å². The van der Waals surface area contributed by atoms with Crippen molar-refractivity contribution in [3.05, 3.63) is 99.1 Å². The molecule has 4 rings (SSSR count). The molecule has 0 radical (unpaired) electrons. The van der Waals surface area contributed by atoms with E-state index >= 15 is 0 Å². The Bertz CT molecular complexity index is 1280. The summed E-state index contributed by atoms with van der Waals surface area (Å²) >= 11 is 0. The number of nitrogens with zero attached hydrogens (tertiary/aromatic N) is 2. The molecule has 0 saturated heterocycles. The van der Waals surface area contributed by atoms with Crippen LogP contribution in [0.1, 0.15) is 38.3 Å². The monoisotopic (exact) mass is 488 g/mol. The molecule has 1 aliphatic heterocycles. The van der Waals surface area contributed by atoms with Crippen LogP contribution in [0.25, 0.3) is 0 Å².